The minimum absolute atomic E-state index is 0.164. The number of phenolic OH excluding ortho intramolecular Hbond substituents is 1. The van der Waals surface area contributed by atoms with Gasteiger partial charge in [0.25, 0.3) is 10.0 Å². The van der Waals surface area contributed by atoms with Gasteiger partial charge in [-0.15, -0.1) is 11.3 Å². The molecule has 0 aliphatic rings. The number of nitrogen functional groups attached to an aromatic ring is 1. The van der Waals surface area contributed by atoms with Crippen molar-refractivity contribution in [3.63, 3.8) is 0 Å². The Kier molecular flexibility index (Phi) is 7.76. The van der Waals surface area contributed by atoms with Crippen LogP contribution in [-0.4, -0.2) is 37.2 Å². The van der Waals surface area contributed by atoms with Crippen LogP contribution in [0.25, 0.3) is 0 Å². The lowest BCUT2D eigenvalue weighted by Gasteiger charge is -2.09. The Balaban J connectivity index is 0.000000209. The molecule has 1 aromatic heterocycles. The van der Waals surface area contributed by atoms with Crippen LogP contribution in [0.3, 0.4) is 0 Å². The molecule has 10 heteroatoms. The second-order valence-corrected chi connectivity index (χ2v) is 8.26. The summed E-state index contributed by atoms with van der Waals surface area (Å²) in [6.07, 6.45) is 0.980. The van der Waals surface area contributed by atoms with Gasteiger partial charge in [0, 0.05) is 23.8 Å². The molecule has 0 aliphatic carbocycles. The number of nitrogens with two attached hydrogens (primary N) is 1. The first-order valence-electron chi connectivity index (χ1n) is 8.21. The van der Waals surface area contributed by atoms with Gasteiger partial charge in [-0.3, -0.25) is 4.72 Å². The van der Waals surface area contributed by atoms with Crippen LogP contribution in [0, 0.1) is 0 Å². The van der Waals surface area contributed by atoms with Crippen LogP contribution < -0.4 is 15.8 Å². The van der Waals surface area contributed by atoms with E-state index in [1.54, 1.807) is 36.7 Å². The molecule has 0 amide bonds. The van der Waals surface area contributed by atoms with E-state index in [0.29, 0.717) is 17.4 Å². The van der Waals surface area contributed by atoms with Crippen LogP contribution in [-0.2, 0) is 10.0 Å². The molecule has 1 heterocycles. The lowest BCUT2D eigenvalue weighted by atomic mass is 10.1. The van der Waals surface area contributed by atoms with Gasteiger partial charge in [0.2, 0.25) is 0 Å². The van der Waals surface area contributed by atoms with Gasteiger partial charge in [0.1, 0.15) is 5.75 Å². The highest BCUT2D eigenvalue weighted by Gasteiger charge is 2.14. The van der Waals surface area contributed by atoms with Crippen LogP contribution in [0.4, 0.5) is 10.8 Å². The molecule has 1 atom stereocenters. The molecule has 2 aromatic carbocycles. The fraction of sp³-hybridized carbons (Fsp3) is 0.167. The highest BCUT2D eigenvalue weighted by molar-refractivity contribution is 7.93. The zero-order valence-electron chi connectivity index (χ0n) is 15.1. The molecule has 0 saturated carbocycles. The van der Waals surface area contributed by atoms with Crippen LogP contribution >= 0.6 is 11.3 Å². The summed E-state index contributed by atoms with van der Waals surface area (Å²) in [4.78, 5) is 4.01. The Morgan fingerprint density at radius 1 is 1.21 bits per heavy atom. The van der Waals surface area contributed by atoms with Crippen LogP contribution in [0.2, 0.25) is 0 Å². The number of thiazole rings is 1. The number of aliphatic hydroxyl groups excluding tert-OH is 1. The highest BCUT2D eigenvalue weighted by atomic mass is 32.2. The number of nitrogens with one attached hydrogen (secondary N) is 2. The van der Waals surface area contributed by atoms with Crippen LogP contribution in [0.5, 0.6) is 5.75 Å². The lowest BCUT2D eigenvalue weighted by Crippen LogP contribution is -2.16. The fourth-order valence-corrected chi connectivity index (χ4v) is 3.93. The molecule has 28 heavy (non-hydrogen) atoms. The van der Waals surface area contributed by atoms with Gasteiger partial charge in [-0.2, -0.15) is 0 Å². The fourth-order valence-electron chi connectivity index (χ4n) is 2.14. The number of phenols is 1. The summed E-state index contributed by atoms with van der Waals surface area (Å²) in [7, 11) is -1.79. The van der Waals surface area contributed by atoms with Gasteiger partial charge < -0.3 is 21.3 Å². The van der Waals surface area contributed by atoms with Crippen molar-refractivity contribution >= 4 is 32.2 Å². The van der Waals surface area contributed by atoms with Crippen molar-refractivity contribution in [2.75, 3.05) is 24.0 Å². The van der Waals surface area contributed by atoms with E-state index in [0.717, 1.165) is 5.56 Å². The second-order valence-electron chi connectivity index (χ2n) is 5.68. The number of benzene rings is 2. The molecular weight excluding hydrogens is 400 g/mol. The number of nitrogens with zero attached hydrogens (tertiary/aromatic N) is 1. The van der Waals surface area contributed by atoms with Gasteiger partial charge in [-0.05, 0) is 49.0 Å². The van der Waals surface area contributed by atoms with E-state index in [9.17, 15) is 13.5 Å². The van der Waals surface area contributed by atoms with E-state index in [2.05, 4.69) is 15.0 Å². The lowest BCUT2D eigenvalue weighted by molar-refractivity contribution is 0.177. The van der Waals surface area contributed by atoms with E-state index < -0.39 is 16.1 Å². The van der Waals surface area contributed by atoms with Crippen LogP contribution in [0.15, 0.2) is 65.0 Å². The number of anilines is 2. The molecule has 3 rings (SSSR count). The molecule has 0 aliphatic heterocycles. The topological polar surface area (TPSA) is 138 Å². The standard InChI is InChI=1S/C9H9N3O2S2.C9H13NO2/c10-7-1-3-8(4-2-7)16(13,14)12-9-11-5-6-15-9;1-10-6-9(12)7-3-2-4-8(11)5-7/h1-6H,10H2,(H,11,12);2-5,9-12H,6H2,1H3/t;9-/m.0/s1. The average Bonchev–Trinajstić information content (AvgIpc) is 3.15. The predicted octanol–water partition coefficient (Wildman–Crippen LogP) is 2.17. The summed E-state index contributed by atoms with van der Waals surface area (Å²) < 4.78 is 26.0. The molecule has 0 bridgehead atoms. The Bertz CT molecular complexity index is 962. The number of aromatic nitrogens is 1. The number of aliphatic hydroxyl groups is 1. The third-order valence-electron chi connectivity index (χ3n) is 3.50. The highest BCUT2D eigenvalue weighted by Crippen LogP contribution is 2.19. The van der Waals surface area contributed by atoms with Crippen LogP contribution in [0.1, 0.15) is 11.7 Å². The minimum Gasteiger partial charge on any atom is -0.508 e. The first kappa shape index (κ1) is 21.6. The maximum atomic E-state index is 11.8. The Labute approximate surface area is 167 Å². The molecule has 0 spiro atoms. The number of hydrogen-bond donors (Lipinski definition) is 5. The van der Waals surface area contributed by atoms with Crippen molar-refractivity contribution in [3.05, 3.63) is 65.7 Å². The Hall–Kier alpha value is -2.66. The van der Waals surface area contributed by atoms with Crippen molar-refractivity contribution in [2.45, 2.75) is 11.0 Å². The van der Waals surface area contributed by atoms with E-state index in [1.807, 2.05) is 0 Å². The van der Waals surface area contributed by atoms with Gasteiger partial charge in [0.05, 0.1) is 11.0 Å². The summed E-state index contributed by atoms with van der Waals surface area (Å²) >= 11 is 1.22. The molecule has 3 aromatic rings. The van der Waals surface area contributed by atoms with Crippen molar-refractivity contribution in [1.29, 1.82) is 0 Å². The number of sulfonamides is 1. The summed E-state index contributed by atoms with van der Waals surface area (Å²) in [5.74, 6) is 0.183. The Morgan fingerprint density at radius 2 is 1.93 bits per heavy atom. The molecule has 8 nitrogen and oxygen atoms in total. The number of hydrogen-bond acceptors (Lipinski definition) is 8. The molecular formula is C18H22N4O4S2. The maximum absolute atomic E-state index is 11.8. The first-order valence-corrected chi connectivity index (χ1v) is 10.6. The zero-order chi connectivity index (χ0) is 20.6. The number of rotatable bonds is 6. The van der Waals surface area contributed by atoms with Gasteiger partial charge in [-0.25, -0.2) is 13.4 Å². The first-order chi connectivity index (χ1) is 13.3. The summed E-state index contributed by atoms with van der Waals surface area (Å²) in [5, 5.41) is 23.5. The van der Waals surface area contributed by atoms with E-state index >= 15 is 0 Å². The van der Waals surface area contributed by atoms with Crippen molar-refractivity contribution in [1.82, 2.24) is 10.3 Å². The molecule has 0 saturated heterocycles. The smallest absolute Gasteiger partial charge is 0.263 e. The second kappa shape index (κ2) is 10.0. The third-order valence-corrected chi connectivity index (χ3v) is 5.67. The number of likely N-dealkylation sites (N-methyl/N-ethyl adjacent to an activating group) is 1. The zero-order valence-corrected chi connectivity index (χ0v) is 16.7. The van der Waals surface area contributed by atoms with Gasteiger partial charge in [0.15, 0.2) is 5.13 Å². The monoisotopic (exact) mass is 422 g/mol. The van der Waals surface area contributed by atoms with Crippen molar-refractivity contribution < 1.29 is 18.6 Å². The van der Waals surface area contributed by atoms with E-state index in [1.165, 1.54) is 41.8 Å². The number of aromatic hydroxyl groups is 1. The van der Waals surface area contributed by atoms with E-state index in [-0.39, 0.29) is 10.6 Å². The average molecular weight is 423 g/mol. The third kappa shape index (κ3) is 6.50. The Morgan fingerprint density at radius 3 is 2.50 bits per heavy atom. The summed E-state index contributed by atoms with van der Waals surface area (Å²) in [6.45, 7) is 0.490. The van der Waals surface area contributed by atoms with Crippen molar-refractivity contribution in [3.8, 4) is 5.75 Å². The quantitative estimate of drug-likeness (QED) is 0.384. The molecule has 6 N–H and O–H groups in total. The molecule has 0 unspecified atom stereocenters. The normalized spacial score (nSPS) is 11.9. The van der Waals surface area contributed by atoms with Gasteiger partial charge >= 0.3 is 0 Å². The largest absolute Gasteiger partial charge is 0.508 e. The maximum Gasteiger partial charge on any atom is 0.263 e. The van der Waals surface area contributed by atoms with E-state index in [4.69, 9.17) is 10.8 Å². The molecule has 0 fully saturated rings. The SMILES string of the molecule is CNC[C@H](O)c1cccc(O)c1.Nc1ccc(S(=O)(=O)Nc2nccs2)cc1. The summed E-state index contributed by atoms with van der Waals surface area (Å²) in [5.41, 5.74) is 6.73. The molecule has 150 valence electrons. The molecule has 0 radical (unpaired) electrons. The predicted molar refractivity (Wildman–Crippen MR) is 111 cm³/mol. The van der Waals surface area contributed by atoms with Crippen molar-refractivity contribution in [2.24, 2.45) is 0 Å². The summed E-state index contributed by atoms with van der Waals surface area (Å²) in [6, 6.07) is 12.6. The van der Waals surface area contributed by atoms with Gasteiger partial charge in [-0.1, -0.05) is 12.1 Å². The minimum atomic E-state index is -3.56.